The average Bonchev–Trinajstić information content (AvgIpc) is 2.53. The third-order valence-electron chi connectivity index (χ3n) is 2.11. The van der Waals surface area contributed by atoms with Crippen molar-refractivity contribution in [3.63, 3.8) is 0 Å². The number of aliphatic carboxylic acids is 1. The number of nitrogens with zero attached hydrogens (tertiary/aromatic N) is 3. The quantitative estimate of drug-likeness (QED) is 0.552. The monoisotopic (exact) mass is 209 g/mol. The first kappa shape index (κ1) is 9.53. The van der Waals surface area contributed by atoms with E-state index in [1.165, 1.54) is 12.7 Å². The summed E-state index contributed by atoms with van der Waals surface area (Å²) in [6.45, 7) is 1.31. The minimum absolute atomic E-state index is 0.364. The number of quaternary nitrogens is 1. The van der Waals surface area contributed by atoms with Crippen molar-refractivity contribution in [3.05, 3.63) is 11.4 Å². The summed E-state index contributed by atoms with van der Waals surface area (Å²) in [5.41, 5.74) is 0.959. The number of hydrogen-bond acceptors (Lipinski definition) is 4. The molecule has 0 saturated heterocycles. The summed E-state index contributed by atoms with van der Waals surface area (Å²) in [6, 6.07) is 0. The van der Waals surface area contributed by atoms with Crippen molar-refractivity contribution in [1.82, 2.24) is 4.90 Å². The zero-order chi connectivity index (χ0) is 11.0. The third kappa shape index (κ3) is 1.52. The van der Waals surface area contributed by atoms with Crippen LogP contribution in [0.4, 0.5) is 0 Å². The van der Waals surface area contributed by atoms with Crippen LogP contribution in [0.25, 0.3) is 0 Å². The van der Waals surface area contributed by atoms with Crippen LogP contribution < -0.4 is 5.01 Å². The molecule has 0 aromatic carbocycles. The van der Waals surface area contributed by atoms with Crippen molar-refractivity contribution in [2.45, 2.75) is 6.92 Å². The average molecular weight is 209 g/mol. The van der Waals surface area contributed by atoms with E-state index >= 15 is 0 Å². The second-order valence-corrected chi connectivity index (χ2v) is 3.18. The Morgan fingerprint density at radius 3 is 3.07 bits per heavy atom. The number of aliphatic imine (C=N–C) groups is 1. The van der Waals surface area contributed by atoms with Gasteiger partial charge in [-0.2, -0.15) is 4.99 Å². The zero-order valence-corrected chi connectivity index (χ0v) is 7.97. The number of amides is 1. The number of allylic oxidation sites excluding steroid dienone is 1. The van der Waals surface area contributed by atoms with Crippen molar-refractivity contribution < 1.29 is 19.7 Å². The SMILES string of the molecule is CC1=C2C(=O)N(CC(=O)O)C=N[NH+]2C=N1. The summed E-state index contributed by atoms with van der Waals surface area (Å²) in [6.07, 6.45) is 2.72. The summed E-state index contributed by atoms with van der Waals surface area (Å²) < 4.78 is 0. The van der Waals surface area contributed by atoms with Gasteiger partial charge in [-0.15, -0.1) is 5.01 Å². The van der Waals surface area contributed by atoms with Crippen LogP contribution >= 0.6 is 0 Å². The van der Waals surface area contributed by atoms with Gasteiger partial charge in [-0.3, -0.25) is 14.5 Å². The molecule has 0 aromatic rings. The Morgan fingerprint density at radius 1 is 1.67 bits per heavy atom. The molecular weight excluding hydrogens is 200 g/mol. The maximum absolute atomic E-state index is 11.8. The summed E-state index contributed by atoms with van der Waals surface area (Å²) in [5, 5.41) is 13.0. The fourth-order valence-corrected chi connectivity index (χ4v) is 1.42. The lowest BCUT2D eigenvalue weighted by Crippen LogP contribution is -3.06. The molecule has 2 rings (SSSR count). The van der Waals surface area contributed by atoms with Crippen LogP contribution in [0.2, 0.25) is 0 Å². The predicted octanol–water partition coefficient (Wildman–Crippen LogP) is -1.99. The molecule has 1 amide bonds. The van der Waals surface area contributed by atoms with Crippen LogP contribution in [-0.4, -0.2) is 41.1 Å². The highest BCUT2D eigenvalue weighted by molar-refractivity contribution is 6.02. The van der Waals surface area contributed by atoms with E-state index in [0.717, 1.165) is 4.90 Å². The Bertz CT molecular complexity index is 424. The Kier molecular flexibility index (Phi) is 2.09. The van der Waals surface area contributed by atoms with Gasteiger partial charge in [0.05, 0.1) is 0 Å². The predicted molar refractivity (Wildman–Crippen MR) is 50.0 cm³/mol. The van der Waals surface area contributed by atoms with Crippen LogP contribution in [0.15, 0.2) is 21.5 Å². The zero-order valence-electron chi connectivity index (χ0n) is 7.97. The Morgan fingerprint density at radius 2 is 2.40 bits per heavy atom. The van der Waals surface area contributed by atoms with E-state index in [1.54, 1.807) is 6.92 Å². The van der Waals surface area contributed by atoms with Crippen LogP contribution in [0.3, 0.4) is 0 Å². The van der Waals surface area contributed by atoms with E-state index in [0.29, 0.717) is 16.4 Å². The van der Waals surface area contributed by atoms with Gasteiger partial charge in [-0.1, -0.05) is 5.10 Å². The molecule has 0 aliphatic carbocycles. The fraction of sp³-hybridized carbons (Fsp3) is 0.250. The van der Waals surface area contributed by atoms with Gasteiger partial charge < -0.3 is 5.11 Å². The highest BCUT2D eigenvalue weighted by atomic mass is 16.4. The molecule has 2 aliphatic heterocycles. The molecule has 2 N–H and O–H groups in total. The molecule has 78 valence electrons. The molecule has 7 nitrogen and oxygen atoms in total. The number of carbonyl (C=O) groups excluding carboxylic acids is 1. The van der Waals surface area contributed by atoms with Crippen LogP contribution in [-0.2, 0) is 9.59 Å². The topological polar surface area (TPSA) is 86.8 Å². The van der Waals surface area contributed by atoms with Gasteiger partial charge in [-0.25, -0.2) is 0 Å². The van der Waals surface area contributed by atoms with Crippen LogP contribution in [0.1, 0.15) is 6.92 Å². The molecule has 0 aromatic heterocycles. The van der Waals surface area contributed by atoms with Gasteiger partial charge in [0.1, 0.15) is 12.2 Å². The lowest BCUT2D eigenvalue weighted by atomic mass is 10.3. The number of fused-ring (bicyclic) bond motifs is 1. The molecule has 0 spiro atoms. The molecule has 2 heterocycles. The molecule has 7 heteroatoms. The van der Waals surface area contributed by atoms with Gasteiger partial charge in [0, 0.05) is 0 Å². The van der Waals surface area contributed by atoms with Crippen molar-refractivity contribution >= 4 is 24.6 Å². The molecule has 0 bridgehead atoms. The summed E-state index contributed by atoms with van der Waals surface area (Å²) in [7, 11) is 0. The first-order valence-corrected chi connectivity index (χ1v) is 4.29. The minimum atomic E-state index is -1.07. The fourth-order valence-electron chi connectivity index (χ4n) is 1.42. The molecule has 15 heavy (non-hydrogen) atoms. The van der Waals surface area contributed by atoms with E-state index in [2.05, 4.69) is 10.1 Å². The van der Waals surface area contributed by atoms with Gasteiger partial charge >= 0.3 is 11.9 Å². The van der Waals surface area contributed by atoms with Crippen molar-refractivity contribution in [2.24, 2.45) is 10.1 Å². The van der Waals surface area contributed by atoms with Gasteiger partial charge in [0.15, 0.2) is 6.34 Å². The molecule has 0 saturated carbocycles. The number of carboxylic acids is 1. The second-order valence-electron chi connectivity index (χ2n) is 3.18. The smallest absolute Gasteiger partial charge is 0.323 e. The maximum atomic E-state index is 11.8. The maximum Gasteiger partial charge on any atom is 0.323 e. The van der Waals surface area contributed by atoms with Gasteiger partial charge in [0.2, 0.25) is 6.34 Å². The van der Waals surface area contributed by atoms with E-state index in [-0.39, 0.29) is 12.5 Å². The van der Waals surface area contributed by atoms with E-state index in [4.69, 9.17) is 5.11 Å². The molecule has 0 radical (unpaired) electrons. The normalized spacial score (nSPS) is 23.7. The largest absolute Gasteiger partial charge is 0.480 e. The highest BCUT2D eigenvalue weighted by Crippen LogP contribution is 2.08. The van der Waals surface area contributed by atoms with E-state index in [9.17, 15) is 9.59 Å². The molecule has 1 unspecified atom stereocenters. The van der Waals surface area contributed by atoms with Crippen molar-refractivity contribution in [1.29, 1.82) is 0 Å². The number of hydrogen-bond donors (Lipinski definition) is 2. The number of rotatable bonds is 2. The summed E-state index contributed by atoms with van der Waals surface area (Å²) in [5.74, 6) is -1.44. The Balaban J connectivity index is 2.29. The molecular formula is C8H9N4O3+. The van der Waals surface area contributed by atoms with Crippen molar-refractivity contribution in [3.8, 4) is 0 Å². The lowest BCUT2D eigenvalue weighted by Gasteiger charge is -2.19. The van der Waals surface area contributed by atoms with E-state index in [1.807, 2.05) is 0 Å². The van der Waals surface area contributed by atoms with E-state index < -0.39 is 5.97 Å². The van der Waals surface area contributed by atoms with Crippen LogP contribution in [0.5, 0.6) is 0 Å². The summed E-state index contributed by atoms with van der Waals surface area (Å²) in [4.78, 5) is 27.3. The Hall–Kier alpha value is -2.02. The number of carboxylic acid groups (broad SMARTS) is 1. The standard InChI is InChI=1S/C8H8N4O3/c1-5-7-8(15)11(2-6(13)14)4-10-12(7)3-9-5/h3-4H,2H2,1H3,(H,13,14)/p+1. The first-order chi connectivity index (χ1) is 7.09. The summed E-state index contributed by atoms with van der Waals surface area (Å²) >= 11 is 0. The lowest BCUT2D eigenvalue weighted by molar-refractivity contribution is -0.756. The third-order valence-corrected chi connectivity index (χ3v) is 2.11. The molecule has 2 aliphatic rings. The van der Waals surface area contributed by atoms with Crippen LogP contribution in [0, 0.1) is 0 Å². The minimum Gasteiger partial charge on any atom is -0.480 e. The van der Waals surface area contributed by atoms with Gasteiger partial charge in [-0.05, 0) is 6.92 Å². The second kappa shape index (κ2) is 3.28. The highest BCUT2D eigenvalue weighted by Gasteiger charge is 2.37. The first-order valence-electron chi connectivity index (χ1n) is 4.29. The number of nitrogens with one attached hydrogen (secondary N) is 1. The Labute approximate surface area is 85.0 Å². The van der Waals surface area contributed by atoms with Crippen molar-refractivity contribution in [2.75, 3.05) is 6.54 Å². The molecule has 1 atom stereocenters. The van der Waals surface area contributed by atoms with Gasteiger partial charge in [0.25, 0.3) is 5.70 Å². The number of carbonyl (C=O) groups is 2. The molecule has 0 fully saturated rings.